The van der Waals surface area contributed by atoms with Gasteiger partial charge in [0.05, 0.1) is 11.4 Å². The predicted octanol–water partition coefficient (Wildman–Crippen LogP) is 1.49. The maximum atomic E-state index is 13.1. The number of ether oxygens (including phenoxy) is 2. The molecule has 0 aliphatic carbocycles. The first-order valence-electron chi connectivity index (χ1n) is 11.0. The van der Waals surface area contributed by atoms with Gasteiger partial charge in [0.2, 0.25) is 18.4 Å². The van der Waals surface area contributed by atoms with Crippen molar-refractivity contribution >= 4 is 17.4 Å². The van der Waals surface area contributed by atoms with Gasteiger partial charge in [-0.25, -0.2) is 10.1 Å². The van der Waals surface area contributed by atoms with Crippen LogP contribution in [0.3, 0.4) is 0 Å². The van der Waals surface area contributed by atoms with Crippen molar-refractivity contribution in [2.45, 2.75) is 45.7 Å². The number of piperidine rings is 1. The molecule has 1 amide bonds. The van der Waals surface area contributed by atoms with E-state index in [4.69, 9.17) is 19.8 Å². The minimum Gasteiger partial charge on any atom is -0.454 e. The van der Waals surface area contributed by atoms with Crippen LogP contribution in [0, 0.1) is 0 Å². The molecular formula is C21H25N9O4. The SMILES string of the molecule is C/C(=N/NC(=O)c1nnn(-c2nonc2N)c1CN1CCCCC1C)c1ccc2c(c1)OCO2. The molecule has 178 valence electrons. The maximum absolute atomic E-state index is 13.1. The molecule has 1 atom stereocenters. The number of hydrogen-bond donors (Lipinski definition) is 2. The highest BCUT2D eigenvalue weighted by molar-refractivity contribution is 6.01. The van der Waals surface area contributed by atoms with E-state index in [0.29, 0.717) is 35.5 Å². The zero-order chi connectivity index (χ0) is 23.7. The third-order valence-electron chi connectivity index (χ3n) is 6.08. The quantitative estimate of drug-likeness (QED) is 0.402. The standard InChI is InChI=1S/C21H25N9O4/c1-12-5-3-4-8-29(12)10-15-18(24-28-30(15)20-19(22)26-34-27-20)21(31)25-23-13(2)14-6-7-16-17(9-14)33-11-32-16/h6-7,9,12H,3-5,8,10-11H2,1-2H3,(H2,22,26)(H,25,31)/b23-13-. The largest absolute Gasteiger partial charge is 0.454 e. The number of carbonyl (C=O) groups excluding carboxylic acids is 1. The molecule has 13 heteroatoms. The van der Waals surface area contributed by atoms with Crippen LogP contribution in [0.4, 0.5) is 5.82 Å². The Bertz CT molecular complexity index is 1230. The van der Waals surface area contributed by atoms with Gasteiger partial charge in [-0.15, -0.1) is 5.10 Å². The maximum Gasteiger partial charge on any atom is 0.293 e. The van der Waals surface area contributed by atoms with Crippen molar-refractivity contribution in [3.05, 3.63) is 35.2 Å². The van der Waals surface area contributed by atoms with Gasteiger partial charge in [0.1, 0.15) is 0 Å². The highest BCUT2D eigenvalue weighted by atomic mass is 16.7. The van der Waals surface area contributed by atoms with Crippen LogP contribution < -0.4 is 20.6 Å². The summed E-state index contributed by atoms with van der Waals surface area (Å²) in [6, 6.07) is 5.82. The Morgan fingerprint density at radius 2 is 2.12 bits per heavy atom. The summed E-state index contributed by atoms with van der Waals surface area (Å²) >= 11 is 0. The number of aromatic nitrogens is 5. The number of hydrazone groups is 1. The monoisotopic (exact) mass is 467 g/mol. The van der Waals surface area contributed by atoms with Gasteiger partial charge in [0.15, 0.2) is 17.2 Å². The van der Waals surface area contributed by atoms with Crippen LogP contribution in [0.25, 0.3) is 5.82 Å². The number of anilines is 1. The minimum absolute atomic E-state index is 0.0569. The average Bonchev–Trinajstić information content (AvgIpc) is 3.57. The van der Waals surface area contributed by atoms with Crippen molar-refractivity contribution in [2.75, 3.05) is 19.1 Å². The second kappa shape index (κ2) is 9.09. The molecule has 13 nitrogen and oxygen atoms in total. The number of likely N-dealkylation sites (tertiary alicyclic amines) is 1. The topological polar surface area (TPSA) is 159 Å². The Kier molecular flexibility index (Phi) is 5.84. The summed E-state index contributed by atoms with van der Waals surface area (Å²) in [4.78, 5) is 15.4. The number of nitrogen functional groups attached to an aromatic ring is 1. The number of nitrogens with one attached hydrogen (secondary N) is 1. The first kappa shape index (κ1) is 21.8. The molecule has 0 bridgehead atoms. The van der Waals surface area contributed by atoms with Gasteiger partial charge in [-0.3, -0.25) is 9.69 Å². The lowest BCUT2D eigenvalue weighted by Crippen LogP contribution is -2.38. The molecule has 0 spiro atoms. The lowest BCUT2D eigenvalue weighted by molar-refractivity contribution is 0.0944. The van der Waals surface area contributed by atoms with E-state index < -0.39 is 5.91 Å². The molecule has 5 rings (SSSR count). The van der Waals surface area contributed by atoms with Gasteiger partial charge in [-0.05, 0) is 61.7 Å². The van der Waals surface area contributed by atoms with Crippen molar-refractivity contribution in [1.82, 2.24) is 35.6 Å². The van der Waals surface area contributed by atoms with E-state index in [1.807, 2.05) is 12.1 Å². The highest BCUT2D eigenvalue weighted by Gasteiger charge is 2.28. The summed E-state index contributed by atoms with van der Waals surface area (Å²) in [6.45, 7) is 5.48. The summed E-state index contributed by atoms with van der Waals surface area (Å²) in [7, 11) is 0. The molecule has 4 heterocycles. The Morgan fingerprint density at radius 1 is 1.26 bits per heavy atom. The summed E-state index contributed by atoms with van der Waals surface area (Å²) in [5, 5.41) is 19.9. The lowest BCUT2D eigenvalue weighted by atomic mass is 10.0. The Labute approximate surface area is 194 Å². The number of hydrogen-bond acceptors (Lipinski definition) is 11. The number of nitrogens with two attached hydrogens (primary N) is 1. The van der Waals surface area contributed by atoms with E-state index >= 15 is 0 Å². The van der Waals surface area contributed by atoms with E-state index in [-0.39, 0.29) is 24.1 Å². The fourth-order valence-corrected chi connectivity index (χ4v) is 4.09. The van der Waals surface area contributed by atoms with E-state index in [1.165, 1.54) is 11.1 Å². The third kappa shape index (κ3) is 4.17. The molecule has 0 saturated carbocycles. The van der Waals surface area contributed by atoms with Gasteiger partial charge in [0.25, 0.3) is 5.91 Å². The molecule has 2 aromatic heterocycles. The summed E-state index contributed by atoms with van der Waals surface area (Å²) < 4.78 is 16.9. The molecule has 1 aromatic carbocycles. The molecule has 3 N–H and O–H groups in total. The van der Waals surface area contributed by atoms with Crippen LogP contribution in [-0.2, 0) is 6.54 Å². The average molecular weight is 467 g/mol. The van der Waals surface area contributed by atoms with Crippen LogP contribution in [-0.4, -0.2) is 61.2 Å². The van der Waals surface area contributed by atoms with Crippen molar-refractivity contribution in [1.29, 1.82) is 0 Å². The van der Waals surface area contributed by atoms with Gasteiger partial charge in [-0.2, -0.15) is 9.78 Å². The van der Waals surface area contributed by atoms with E-state index in [1.54, 1.807) is 13.0 Å². The first-order chi connectivity index (χ1) is 16.5. The number of benzene rings is 1. The third-order valence-corrected chi connectivity index (χ3v) is 6.08. The second-order valence-electron chi connectivity index (χ2n) is 8.29. The molecule has 2 aliphatic rings. The van der Waals surface area contributed by atoms with Crippen molar-refractivity contribution in [3.8, 4) is 17.3 Å². The molecule has 0 radical (unpaired) electrons. The molecule has 1 unspecified atom stereocenters. The number of carbonyl (C=O) groups is 1. The number of amides is 1. The summed E-state index contributed by atoms with van der Waals surface area (Å²) in [5.41, 5.74) is 10.5. The zero-order valence-corrected chi connectivity index (χ0v) is 18.9. The fraction of sp³-hybridized carbons (Fsp3) is 0.429. The second-order valence-corrected chi connectivity index (χ2v) is 8.29. The highest BCUT2D eigenvalue weighted by Crippen LogP contribution is 2.32. The smallest absolute Gasteiger partial charge is 0.293 e. The first-order valence-corrected chi connectivity index (χ1v) is 11.0. The van der Waals surface area contributed by atoms with Crippen molar-refractivity contribution < 1.29 is 18.9 Å². The summed E-state index contributed by atoms with van der Waals surface area (Å²) in [6.07, 6.45) is 3.34. The van der Waals surface area contributed by atoms with Crippen LogP contribution >= 0.6 is 0 Å². The normalized spacial score (nSPS) is 18.3. The van der Waals surface area contributed by atoms with Crippen LogP contribution in [0.5, 0.6) is 11.5 Å². The van der Waals surface area contributed by atoms with E-state index in [9.17, 15) is 4.79 Å². The van der Waals surface area contributed by atoms with Crippen molar-refractivity contribution in [3.63, 3.8) is 0 Å². The Hall–Kier alpha value is -4.00. The molecule has 2 aliphatic heterocycles. The number of nitrogens with zero attached hydrogens (tertiary/aromatic N) is 7. The number of fused-ring (bicyclic) bond motifs is 1. The van der Waals surface area contributed by atoms with Crippen molar-refractivity contribution in [2.24, 2.45) is 5.10 Å². The molecule has 34 heavy (non-hydrogen) atoms. The number of rotatable bonds is 6. The minimum atomic E-state index is -0.499. The Morgan fingerprint density at radius 3 is 2.91 bits per heavy atom. The van der Waals surface area contributed by atoms with Gasteiger partial charge < -0.3 is 15.2 Å². The van der Waals surface area contributed by atoms with Crippen LogP contribution in [0.1, 0.15) is 54.9 Å². The molecular weight excluding hydrogens is 442 g/mol. The summed E-state index contributed by atoms with van der Waals surface area (Å²) in [5.74, 6) is 1.06. The van der Waals surface area contributed by atoms with Gasteiger partial charge in [-0.1, -0.05) is 11.6 Å². The van der Waals surface area contributed by atoms with Crippen LogP contribution in [0.15, 0.2) is 27.9 Å². The molecule has 3 aromatic rings. The van der Waals surface area contributed by atoms with Crippen LogP contribution in [0.2, 0.25) is 0 Å². The molecule has 1 saturated heterocycles. The molecule has 1 fully saturated rings. The van der Waals surface area contributed by atoms with Gasteiger partial charge in [0, 0.05) is 18.2 Å². The predicted molar refractivity (Wildman–Crippen MR) is 120 cm³/mol. The zero-order valence-electron chi connectivity index (χ0n) is 18.9. The van der Waals surface area contributed by atoms with E-state index in [0.717, 1.165) is 24.9 Å². The lowest BCUT2D eigenvalue weighted by Gasteiger charge is -2.33. The fourth-order valence-electron chi connectivity index (χ4n) is 4.09. The van der Waals surface area contributed by atoms with E-state index in [2.05, 4.69) is 43.0 Å². The Balaban J connectivity index is 1.40. The van der Waals surface area contributed by atoms with Gasteiger partial charge >= 0.3 is 0 Å².